The zero-order valence-corrected chi connectivity index (χ0v) is 12.5. The van der Waals surface area contributed by atoms with Gasteiger partial charge >= 0.3 is 0 Å². The Morgan fingerprint density at radius 2 is 2.15 bits per heavy atom. The van der Waals surface area contributed by atoms with Gasteiger partial charge in [-0.1, -0.05) is 23.7 Å². The van der Waals surface area contributed by atoms with Crippen molar-refractivity contribution in [3.8, 4) is 5.75 Å². The summed E-state index contributed by atoms with van der Waals surface area (Å²) >= 11 is 5.99. The van der Waals surface area contributed by atoms with Crippen molar-refractivity contribution in [3.63, 3.8) is 0 Å². The number of benzene rings is 1. The Morgan fingerprint density at radius 3 is 2.75 bits per heavy atom. The number of ether oxygens (including phenoxy) is 2. The molecule has 0 bridgehead atoms. The van der Waals surface area contributed by atoms with Gasteiger partial charge in [-0.3, -0.25) is 4.79 Å². The molecule has 112 valence electrons. The summed E-state index contributed by atoms with van der Waals surface area (Å²) in [6.07, 6.45) is -0.196. The highest BCUT2D eigenvalue weighted by atomic mass is 35.5. The molecule has 3 N–H and O–H groups in total. The maximum Gasteiger partial charge on any atom is 0.222 e. The van der Waals surface area contributed by atoms with Crippen LogP contribution >= 0.6 is 11.6 Å². The number of rotatable bonds is 8. The van der Waals surface area contributed by atoms with Gasteiger partial charge in [0.1, 0.15) is 11.9 Å². The Balaban J connectivity index is 2.34. The van der Waals surface area contributed by atoms with Crippen molar-refractivity contribution in [1.29, 1.82) is 0 Å². The van der Waals surface area contributed by atoms with Gasteiger partial charge in [-0.15, -0.1) is 0 Å². The third-order valence-corrected chi connectivity index (χ3v) is 3.07. The van der Waals surface area contributed by atoms with Crippen LogP contribution in [0.2, 0.25) is 5.02 Å². The first kappa shape index (κ1) is 16.8. The molecule has 1 amide bonds. The van der Waals surface area contributed by atoms with Crippen LogP contribution in [-0.4, -0.2) is 38.3 Å². The maximum atomic E-state index is 11.7. The lowest BCUT2D eigenvalue weighted by atomic mass is 10.2. The lowest BCUT2D eigenvalue weighted by Gasteiger charge is -2.17. The molecule has 1 aromatic rings. The van der Waals surface area contributed by atoms with E-state index in [9.17, 15) is 4.79 Å². The van der Waals surface area contributed by atoms with Crippen LogP contribution < -0.4 is 15.8 Å². The molecule has 1 aromatic carbocycles. The molecular weight excluding hydrogens is 280 g/mol. The van der Waals surface area contributed by atoms with Gasteiger partial charge in [0, 0.05) is 13.7 Å². The van der Waals surface area contributed by atoms with E-state index in [1.165, 1.54) is 7.11 Å². The van der Waals surface area contributed by atoms with Gasteiger partial charge in [-0.05, 0) is 19.1 Å². The van der Waals surface area contributed by atoms with E-state index >= 15 is 0 Å². The minimum absolute atomic E-state index is 0.114. The van der Waals surface area contributed by atoms with Crippen LogP contribution in [0.4, 0.5) is 0 Å². The molecule has 0 aromatic heterocycles. The molecule has 1 rings (SSSR count). The van der Waals surface area contributed by atoms with Gasteiger partial charge in [0.2, 0.25) is 5.91 Å². The first-order valence-corrected chi connectivity index (χ1v) is 6.85. The maximum absolute atomic E-state index is 11.7. The quantitative estimate of drug-likeness (QED) is 0.764. The average molecular weight is 301 g/mol. The number of para-hydroxylation sites is 1. The highest BCUT2D eigenvalue weighted by molar-refractivity contribution is 6.32. The Morgan fingerprint density at radius 1 is 1.45 bits per heavy atom. The second-order valence-corrected chi connectivity index (χ2v) is 4.87. The van der Waals surface area contributed by atoms with E-state index < -0.39 is 0 Å². The number of carbonyl (C=O) groups excluding carboxylic acids is 1. The lowest BCUT2D eigenvalue weighted by Crippen LogP contribution is -2.37. The SMILES string of the molecule is COC(CN)CC(=O)NCC(C)Oc1ccccc1Cl. The summed E-state index contributed by atoms with van der Waals surface area (Å²) in [6.45, 7) is 2.57. The zero-order chi connectivity index (χ0) is 15.0. The molecule has 0 saturated carbocycles. The van der Waals surface area contributed by atoms with E-state index in [1.54, 1.807) is 12.1 Å². The molecule has 20 heavy (non-hydrogen) atoms. The molecule has 5 nitrogen and oxygen atoms in total. The summed E-state index contributed by atoms with van der Waals surface area (Å²) in [6, 6.07) is 7.22. The monoisotopic (exact) mass is 300 g/mol. The fourth-order valence-electron chi connectivity index (χ4n) is 1.60. The third kappa shape index (κ3) is 5.77. The van der Waals surface area contributed by atoms with Crippen molar-refractivity contribution in [2.24, 2.45) is 5.73 Å². The Bertz CT molecular complexity index is 425. The fraction of sp³-hybridized carbons (Fsp3) is 0.500. The number of nitrogens with two attached hydrogens (primary N) is 1. The second-order valence-electron chi connectivity index (χ2n) is 4.46. The average Bonchev–Trinajstić information content (AvgIpc) is 2.45. The van der Waals surface area contributed by atoms with E-state index in [-0.39, 0.29) is 24.5 Å². The van der Waals surface area contributed by atoms with Gasteiger partial charge < -0.3 is 20.5 Å². The van der Waals surface area contributed by atoms with Gasteiger partial charge in [0.25, 0.3) is 0 Å². The first-order valence-electron chi connectivity index (χ1n) is 6.47. The molecule has 0 aliphatic carbocycles. The zero-order valence-electron chi connectivity index (χ0n) is 11.8. The van der Waals surface area contributed by atoms with Crippen LogP contribution in [0.15, 0.2) is 24.3 Å². The predicted molar refractivity (Wildman–Crippen MR) is 79.0 cm³/mol. The van der Waals surface area contributed by atoms with Crippen molar-refractivity contribution < 1.29 is 14.3 Å². The normalized spacial score (nSPS) is 13.6. The highest BCUT2D eigenvalue weighted by Gasteiger charge is 2.13. The van der Waals surface area contributed by atoms with Crippen LogP contribution in [0, 0.1) is 0 Å². The molecule has 2 unspecified atom stereocenters. The number of nitrogens with one attached hydrogen (secondary N) is 1. The number of carbonyl (C=O) groups is 1. The topological polar surface area (TPSA) is 73.6 Å². The Hall–Kier alpha value is -1.30. The molecule has 0 saturated heterocycles. The summed E-state index contributed by atoms with van der Waals surface area (Å²) in [5.74, 6) is 0.490. The third-order valence-electron chi connectivity index (χ3n) is 2.76. The summed E-state index contributed by atoms with van der Waals surface area (Å²) < 4.78 is 10.7. The molecule has 0 aliphatic rings. The fourth-order valence-corrected chi connectivity index (χ4v) is 1.78. The number of hydrogen-bond donors (Lipinski definition) is 2. The van der Waals surface area contributed by atoms with Gasteiger partial charge in [0.05, 0.1) is 24.1 Å². The number of amides is 1. The van der Waals surface area contributed by atoms with Gasteiger partial charge in [0.15, 0.2) is 0 Å². The molecule has 0 radical (unpaired) electrons. The van der Waals surface area contributed by atoms with Crippen LogP contribution in [0.5, 0.6) is 5.75 Å². The van der Waals surface area contributed by atoms with E-state index in [2.05, 4.69) is 5.32 Å². The minimum Gasteiger partial charge on any atom is -0.487 e. The summed E-state index contributed by atoms with van der Waals surface area (Å²) in [5.41, 5.74) is 5.46. The molecule has 0 fully saturated rings. The smallest absolute Gasteiger partial charge is 0.222 e. The minimum atomic E-state index is -0.255. The van der Waals surface area contributed by atoms with E-state index in [0.717, 1.165) is 0 Å². The largest absolute Gasteiger partial charge is 0.487 e. The van der Waals surface area contributed by atoms with Crippen LogP contribution in [0.3, 0.4) is 0 Å². The highest BCUT2D eigenvalue weighted by Crippen LogP contribution is 2.23. The number of halogens is 1. The van der Waals surface area contributed by atoms with E-state index in [1.807, 2.05) is 19.1 Å². The van der Waals surface area contributed by atoms with Crippen molar-refractivity contribution in [1.82, 2.24) is 5.32 Å². The van der Waals surface area contributed by atoms with Crippen LogP contribution in [0.25, 0.3) is 0 Å². The van der Waals surface area contributed by atoms with Crippen molar-refractivity contribution in [2.75, 3.05) is 20.2 Å². The molecule has 0 aliphatic heterocycles. The first-order chi connectivity index (χ1) is 9.56. The Kier molecular flexibility index (Phi) is 7.36. The van der Waals surface area contributed by atoms with Crippen LogP contribution in [-0.2, 0) is 9.53 Å². The van der Waals surface area contributed by atoms with E-state index in [4.69, 9.17) is 26.8 Å². The molecule has 2 atom stereocenters. The van der Waals surface area contributed by atoms with Crippen molar-refractivity contribution in [2.45, 2.75) is 25.6 Å². The number of methoxy groups -OCH3 is 1. The standard InChI is InChI=1S/C14H21ClN2O3/c1-10(20-13-6-4-3-5-12(13)15)9-17-14(18)7-11(8-16)19-2/h3-6,10-11H,7-9,16H2,1-2H3,(H,17,18). The van der Waals surface area contributed by atoms with Gasteiger partial charge in [-0.25, -0.2) is 0 Å². The molecular formula is C14H21ClN2O3. The number of hydrogen-bond acceptors (Lipinski definition) is 4. The van der Waals surface area contributed by atoms with Gasteiger partial charge in [-0.2, -0.15) is 0 Å². The van der Waals surface area contributed by atoms with Crippen molar-refractivity contribution >= 4 is 17.5 Å². The van der Waals surface area contributed by atoms with Crippen molar-refractivity contribution in [3.05, 3.63) is 29.3 Å². The molecule has 0 heterocycles. The molecule has 6 heteroatoms. The predicted octanol–water partition coefficient (Wildman–Crippen LogP) is 1.59. The summed E-state index contributed by atoms with van der Waals surface area (Å²) in [5, 5.41) is 3.33. The summed E-state index contributed by atoms with van der Waals surface area (Å²) in [4.78, 5) is 11.7. The summed E-state index contributed by atoms with van der Waals surface area (Å²) in [7, 11) is 1.54. The van der Waals surface area contributed by atoms with E-state index in [0.29, 0.717) is 23.9 Å². The lowest BCUT2D eigenvalue weighted by molar-refractivity contribution is -0.123. The second kappa shape index (κ2) is 8.79. The Labute approximate surface area is 124 Å². The van der Waals surface area contributed by atoms with Crippen LogP contribution in [0.1, 0.15) is 13.3 Å². The molecule has 0 spiro atoms.